The van der Waals surface area contributed by atoms with Gasteiger partial charge in [-0.25, -0.2) is 0 Å². The fourth-order valence-corrected chi connectivity index (χ4v) is 6.12. The van der Waals surface area contributed by atoms with Gasteiger partial charge in [-0.05, 0) is 97.7 Å². The van der Waals surface area contributed by atoms with Gasteiger partial charge in [-0.2, -0.15) is 0 Å². The van der Waals surface area contributed by atoms with Crippen LogP contribution in [0, 0.1) is 5.92 Å². The second-order valence-electron chi connectivity index (χ2n) is 10.0. The molecular weight excluding hydrogens is 535 g/mol. The standard InChI is InChI=1S/C30H28Cl2N4OS/c1-19-13-16-35(17-14-19)25-10-9-22(18-23(25)32)36-29(28(34-30(36)38)24-4-2-3-15-33-24)27-12-11-26(37-27)20-5-7-21(31)8-6-20/h2-12,15,18-19,28-29H,13-14,16-17H2,1H3,(H,34,38). The monoisotopic (exact) mass is 562 g/mol. The molecule has 0 saturated carbocycles. The number of halogens is 2. The Kier molecular flexibility index (Phi) is 7.04. The first kappa shape index (κ1) is 25.2. The van der Waals surface area contributed by atoms with E-state index in [-0.39, 0.29) is 12.1 Å². The van der Waals surface area contributed by atoms with E-state index in [1.54, 1.807) is 6.20 Å². The summed E-state index contributed by atoms with van der Waals surface area (Å²) in [7, 11) is 0. The minimum absolute atomic E-state index is 0.199. The average Bonchev–Trinajstić information content (AvgIpc) is 3.55. The van der Waals surface area contributed by atoms with Crippen molar-refractivity contribution < 1.29 is 4.42 Å². The molecule has 2 aliphatic rings. The van der Waals surface area contributed by atoms with Gasteiger partial charge in [0.15, 0.2) is 5.11 Å². The summed E-state index contributed by atoms with van der Waals surface area (Å²) in [5, 5.41) is 5.50. The van der Waals surface area contributed by atoms with Crippen molar-refractivity contribution in [3.05, 3.63) is 100 Å². The first-order chi connectivity index (χ1) is 18.5. The molecule has 0 aliphatic carbocycles. The largest absolute Gasteiger partial charge is 0.459 e. The molecule has 2 aromatic carbocycles. The molecule has 8 heteroatoms. The molecular formula is C30H28Cl2N4OS. The third-order valence-electron chi connectivity index (χ3n) is 7.48. The van der Waals surface area contributed by atoms with E-state index in [0.29, 0.717) is 10.1 Å². The Bertz CT molecular complexity index is 1430. The maximum atomic E-state index is 6.89. The Morgan fingerprint density at radius 1 is 0.974 bits per heavy atom. The van der Waals surface area contributed by atoms with Crippen LogP contribution in [0.15, 0.2) is 83.4 Å². The van der Waals surface area contributed by atoms with E-state index >= 15 is 0 Å². The van der Waals surface area contributed by atoms with Gasteiger partial charge in [-0.1, -0.05) is 36.2 Å². The van der Waals surface area contributed by atoms with Crippen LogP contribution in [0.25, 0.3) is 11.3 Å². The Morgan fingerprint density at radius 3 is 2.47 bits per heavy atom. The third-order valence-corrected chi connectivity index (χ3v) is 8.35. The molecule has 1 N–H and O–H groups in total. The number of thiocarbonyl (C=S) groups is 1. The summed E-state index contributed by atoms with van der Waals surface area (Å²) in [4.78, 5) is 9.11. The van der Waals surface area contributed by atoms with Crippen molar-refractivity contribution >= 4 is 51.9 Å². The highest BCUT2D eigenvalue weighted by atomic mass is 35.5. The average molecular weight is 564 g/mol. The van der Waals surface area contributed by atoms with Gasteiger partial charge in [0.1, 0.15) is 17.6 Å². The van der Waals surface area contributed by atoms with Crippen LogP contribution in [0.3, 0.4) is 0 Å². The van der Waals surface area contributed by atoms with Gasteiger partial charge in [0.25, 0.3) is 0 Å². The van der Waals surface area contributed by atoms with Crippen molar-refractivity contribution in [3.63, 3.8) is 0 Å². The molecule has 2 atom stereocenters. The number of piperidine rings is 1. The van der Waals surface area contributed by atoms with Crippen molar-refractivity contribution in [2.24, 2.45) is 5.92 Å². The van der Waals surface area contributed by atoms with E-state index < -0.39 is 0 Å². The summed E-state index contributed by atoms with van der Waals surface area (Å²) in [6, 6.07) is 23.3. The molecule has 0 amide bonds. The van der Waals surface area contributed by atoms with E-state index in [4.69, 9.17) is 39.8 Å². The number of pyridine rings is 1. The molecule has 4 aromatic rings. The topological polar surface area (TPSA) is 44.5 Å². The number of hydrogen-bond donors (Lipinski definition) is 1. The van der Waals surface area contributed by atoms with Crippen molar-refractivity contribution in [1.82, 2.24) is 10.3 Å². The van der Waals surface area contributed by atoms with Crippen LogP contribution >= 0.6 is 35.4 Å². The Hall–Kier alpha value is -3.06. The molecule has 0 radical (unpaired) electrons. The summed E-state index contributed by atoms with van der Waals surface area (Å²) in [5.74, 6) is 2.30. The predicted molar refractivity (Wildman–Crippen MR) is 159 cm³/mol. The maximum Gasteiger partial charge on any atom is 0.174 e. The normalized spacial score (nSPS) is 20.1. The molecule has 0 bridgehead atoms. The zero-order chi connectivity index (χ0) is 26.2. The SMILES string of the molecule is CC1CCN(c2ccc(N3C(=S)NC(c4ccccn4)C3c3ccc(-c4ccc(Cl)cc4)o3)cc2Cl)CC1. The number of nitrogens with one attached hydrogen (secondary N) is 1. The highest BCUT2D eigenvalue weighted by molar-refractivity contribution is 7.80. The molecule has 5 nitrogen and oxygen atoms in total. The van der Waals surface area contributed by atoms with Gasteiger partial charge >= 0.3 is 0 Å². The molecule has 2 saturated heterocycles. The Balaban J connectivity index is 1.37. The fraction of sp³-hybridized carbons (Fsp3) is 0.267. The molecule has 2 fully saturated rings. The van der Waals surface area contributed by atoms with E-state index in [2.05, 4.69) is 39.2 Å². The van der Waals surface area contributed by atoms with Gasteiger partial charge in [-0.3, -0.25) is 4.98 Å². The maximum absolute atomic E-state index is 6.89. The van der Waals surface area contributed by atoms with Crippen LogP contribution in [-0.4, -0.2) is 23.2 Å². The smallest absolute Gasteiger partial charge is 0.174 e. The second-order valence-corrected chi connectivity index (χ2v) is 11.2. The van der Waals surface area contributed by atoms with Gasteiger partial charge in [0.05, 0.1) is 22.4 Å². The number of anilines is 2. The number of hydrogen-bond acceptors (Lipinski definition) is 4. The quantitative estimate of drug-likeness (QED) is 0.248. The van der Waals surface area contributed by atoms with Crippen molar-refractivity contribution in [2.45, 2.75) is 31.8 Å². The zero-order valence-corrected chi connectivity index (χ0v) is 23.3. The molecule has 6 rings (SSSR count). The van der Waals surface area contributed by atoms with Crippen molar-refractivity contribution in [2.75, 3.05) is 22.9 Å². The van der Waals surface area contributed by atoms with Crippen LogP contribution in [0.1, 0.15) is 43.3 Å². The molecule has 2 aliphatic heterocycles. The van der Waals surface area contributed by atoms with Gasteiger partial charge < -0.3 is 19.5 Å². The lowest BCUT2D eigenvalue weighted by molar-refractivity contribution is 0.438. The molecule has 38 heavy (non-hydrogen) atoms. The first-order valence-electron chi connectivity index (χ1n) is 12.9. The summed E-state index contributed by atoms with van der Waals surface area (Å²) in [6.07, 6.45) is 4.16. The van der Waals surface area contributed by atoms with Crippen molar-refractivity contribution in [3.8, 4) is 11.3 Å². The molecule has 194 valence electrons. The minimum Gasteiger partial charge on any atom is -0.459 e. The van der Waals surface area contributed by atoms with Gasteiger partial charge in [-0.15, -0.1) is 0 Å². The van der Waals surface area contributed by atoms with Crippen LogP contribution in [0.2, 0.25) is 10.0 Å². The number of benzene rings is 2. The lowest BCUT2D eigenvalue weighted by Crippen LogP contribution is -2.33. The molecule has 4 heterocycles. The third kappa shape index (κ3) is 4.89. The predicted octanol–water partition coefficient (Wildman–Crippen LogP) is 8.06. The highest BCUT2D eigenvalue weighted by Crippen LogP contribution is 2.44. The van der Waals surface area contributed by atoms with E-state index in [1.807, 2.05) is 60.7 Å². The first-order valence-corrected chi connectivity index (χ1v) is 14.0. The Labute approximate surface area is 238 Å². The highest BCUT2D eigenvalue weighted by Gasteiger charge is 2.42. The van der Waals surface area contributed by atoms with Crippen LogP contribution in [0.5, 0.6) is 0 Å². The Morgan fingerprint density at radius 2 is 1.76 bits per heavy atom. The second kappa shape index (κ2) is 10.6. The number of nitrogens with zero attached hydrogens (tertiary/aromatic N) is 3. The van der Waals surface area contributed by atoms with Crippen LogP contribution in [-0.2, 0) is 0 Å². The van der Waals surface area contributed by atoms with Crippen LogP contribution < -0.4 is 15.1 Å². The molecule has 2 aromatic heterocycles. The zero-order valence-electron chi connectivity index (χ0n) is 21.0. The molecule has 2 unspecified atom stereocenters. The number of furan rings is 1. The fourth-order valence-electron chi connectivity index (χ4n) is 5.35. The van der Waals surface area contributed by atoms with E-state index in [1.165, 1.54) is 12.8 Å². The summed E-state index contributed by atoms with van der Waals surface area (Å²) < 4.78 is 6.45. The minimum atomic E-state index is -0.254. The van der Waals surface area contributed by atoms with Gasteiger partial charge in [0.2, 0.25) is 0 Å². The van der Waals surface area contributed by atoms with Crippen molar-refractivity contribution in [1.29, 1.82) is 0 Å². The molecule has 0 spiro atoms. The van der Waals surface area contributed by atoms with Crippen LogP contribution in [0.4, 0.5) is 11.4 Å². The number of rotatable bonds is 5. The van der Waals surface area contributed by atoms with E-state index in [9.17, 15) is 0 Å². The summed E-state index contributed by atoms with van der Waals surface area (Å²) >= 11 is 18.9. The summed E-state index contributed by atoms with van der Waals surface area (Å²) in [6.45, 7) is 4.36. The van der Waals surface area contributed by atoms with E-state index in [0.717, 1.165) is 58.2 Å². The summed E-state index contributed by atoms with van der Waals surface area (Å²) in [5.41, 5.74) is 3.83. The number of aromatic nitrogens is 1. The van der Waals surface area contributed by atoms with Gasteiger partial charge in [0, 0.05) is 35.6 Å². The lowest BCUT2D eigenvalue weighted by Gasteiger charge is -2.33. The lowest BCUT2D eigenvalue weighted by atomic mass is 9.98.